The third-order valence-electron chi connectivity index (χ3n) is 3.32. The van der Waals surface area contributed by atoms with Crippen LogP contribution in [-0.2, 0) is 4.79 Å². The fourth-order valence-corrected chi connectivity index (χ4v) is 2.21. The summed E-state index contributed by atoms with van der Waals surface area (Å²) in [4.78, 5) is 10.9. The van der Waals surface area contributed by atoms with Crippen molar-refractivity contribution < 1.29 is 23.1 Å². The van der Waals surface area contributed by atoms with Crippen molar-refractivity contribution in [2.45, 2.75) is 50.9 Å². The summed E-state index contributed by atoms with van der Waals surface area (Å²) in [5, 5.41) is 11.4. The first-order valence-corrected chi connectivity index (χ1v) is 6.69. The van der Waals surface area contributed by atoms with Crippen molar-refractivity contribution in [1.29, 1.82) is 0 Å². The lowest BCUT2D eigenvalue weighted by atomic mass is 10.1. The van der Waals surface area contributed by atoms with Crippen LogP contribution in [0.2, 0.25) is 0 Å². The lowest BCUT2D eigenvalue weighted by Gasteiger charge is -2.27. The van der Waals surface area contributed by atoms with Gasteiger partial charge in [0.2, 0.25) is 0 Å². The van der Waals surface area contributed by atoms with E-state index in [0.717, 1.165) is 32.2 Å². The zero-order valence-electron chi connectivity index (χ0n) is 10.9. The molecular weight excluding hydrogens is 261 g/mol. The Kier molecular flexibility index (Phi) is 6.57. The van der Waals surface area contributed by atoms with Crippen LogP contribution in [0.25, 0.3) is 0 Å². The smallest absolute Gasteiger partial charge is 0.459 e. The minimum atomic E-state index is -4.10. The molecule has 2 rings (SSSR count). The lowest BCUT2D eigenvalue weighted by molar-refractivity contribution is -0.249. The van der Waals surface area contributed by atoms with Crippen molar-refractivity contribution in [3.63, 3.8) is 0 Å². The molecule has 19 heavy (non-hydrogen) atoms. The molecule has 0 aromatic rings. The second-order valence-electron chi connectivity index (χ2n) is 4.86. The minimum absolute atomic E-state index is 0.184. The van der Waals surface area contributed by atoms with E-state index >= 15 is 0 Å². The lowest BCUT2D eigenvalue weighted by Crippen LogP contribution is -2.41. The van der Waals surface area contributed by atoms with Gasteiger partial charge in [0.1, 0.15) is 6.04 Å². The monoisotopic (exact) mass is 282 g/mol. The molecule has 2 aliphatic heterocycles. The van der Waals surface area contributed by atoms with Gasteiger partial charge in [0, 0.05) is 13.1 Å². The molecule has 0 aromatic carbocycles. The largest absolute Gasteiger partial charge is 0.480 e. The summed E-state index contributed by atoms with van der Waals surface area (Å²) in [6.45, 7) is 1.23. The molecule has 0 bridgehead atoms. The molecule has 1 unspecified atom stereocenters. The maximum atomic E-state index is 11.9. The summed E-state index contributed by atoms with van der Waals surface area (Å²) in [6, 6.07) is -0.279. The molecule has 4 nitrogen and oxygen atoms in total. The van der Waals surface area contributed by atoms with Crippen molar-refractivity contribution in [2.24, 2.45) is 0 Å². The van der Waals surface area contributed by atoms with Crippen molar-refractivity contribution in [3.8, 4) is 0 Å². The summed E-state index contributed by atoms with van der Waals surface area (Å²) in [5.41, 5.74) is 0. The molecule has 0 spiro atoms. The molecule has 1 atom stereocenters. The Bertz CT molecular complexity index is 273. The average molecular weight is 282 g/mol. The number of hydrogen-bond acceptors (Lipinski definition) is 3. The van der Waals surface area contributed by atoms with E-state index in [4.69, 9.17) is 5.11 Å². The number of carboxylic acids is 1. The summed E-state index contributed by atoms with van der Waals surface area (Å²) >= 11 is 0. The van der Waals surface area contributed by atoms with Gasteiger partial charge in [-0.25, -0.2) is 4.90 Å². The van der Waals surface area contributed by atoms with Crippen molar-refractivity contribution in [2.75, 3.05) is 19.6 Å². The summed E-state index contributed by atoms with van der Waals surface area (Å²) in [6.07, 6.45) is 1.15. The van der Waals surface area contributed by atoms with Crippen LogP contribution in [0.5, 0.6) is 0 Å². The molecule has 2 aliphatic rings. The highest BCUT2D eigenvalue weighted by atomic mass is 19.4. The van der Waals surface area contributed by atoms with Crippen LogP contribution < -0.4 is 5.32 Å². The number of nitrogens with zero attached hydrogens (tertiary/aromatic N) is 1. The van der Waals surface area contributed by atoms with Crippen molar-refractivity contribution in [1.82, 2.24) is 10.2 Å². The number of hydrogen-bond donors (Lipinski definition) is 2. The Morgan fingerprint density at radius 2 is 1.74 bits per heavy atom. The highest BCUT2D eigenvalue weighted by Gasteiger charge is 2.37. The zero-order chi connectivity index (χ0) is 14.3. The predicted molar refractivity (Wildman–Crippen MR) is 64.8 cm³/mol. The molecule has 0 saturated carbocycles. The van der Waals surface area contributed by atoms with Crippen LogP contribution in [0.4, 0.5) is 13.2 Å². The average Bonchev–Trinajstić information content (AvgIpc) is 2.40. The van der Waals surface area contributed by atoms with Crippen LogP contribution >= 0.6 is 0 Å². The number of halogens is 3. The Morgan fingerprint density at radius 3 is 2.05 bits per heavy atom. The van der Waals surface area contributed by atoms with Gasteiger partial charge in [-0.15, -0.1) is 0 Å². The van der Waals surface area contributed by atoms with E-state index in [2.05, 4.69) is 5.32 Å². The molecule has 2 N–H and O–H groups in total. The molecular formula is C12H21F3N2O2. The molecule has 0 radical (unpaired) electrons. The fourth-order valence-electron chi connectivity index (χ4n) is 2.21. The summed E-state index contributed by atoms with van der Waals surface area (Å²) in [7, 11) is 0. The van der Waals surface area contributed by atoms with Gasteiger partial charge < -0.3 is 10.4 Å². The van der Waals surface area contributed by atoms with Gasteiger partial charge in [0.25, 0.3) is 0 Å². The van der Waals surface area contributed by atoms with Gasteiger partial charge in [-0.3, -0.25) is 4.79 Å². The number of likely N-dealkylation sites (tertiary alicyclic amines) is 1. The number of nitrogens with one attached hydrogen (secondary N) is 1. The first-order valence-electron chi connectivity index (χ1n) is 6.69. The van der Waals surface area contributed by atoms with E-state index in [1.165, 1.54) is 0 Å². The summed E-state index contributed by atoms with van der Waals surface area (Å²) in [5.74, 6) is -0.713. The topological polar surface area (TPSA) is 52.6 Å². The van der Waals surface area contributed by atoms with Crippen molar-refractivity contribution >= 4 is 5.97 Å². The Morgan fingerprint density at radius 1 is 1.11 bits per heavy atom. The Labute approximate surface area is 111 Å². The summed E-state index contributed by atoms with van der Waals surface area (Å²) < 4.78 is 35.6. The number of rotatable bonds is 1. The van der Waals surface area contributed by atoms with Gasteiger partial charge in [0.05, 0.1) is 0 Å². The Balaban J connectivity index is 0.000000191. The second-order valence-corrected chi connectivity index (χ2v) is 4.86. The minimum Gasteiger partial charge on any atom is -0.480 e. The molecule has 0 aromatic heterocycles. The first kappa shape index (κ1) is 16.2. The maximum absolute atomic E-state index is 11.9. The second kappa shape index (κ2) is 7.69. The molecule has 7 heteroatoms. The molecule has 112 valence electrons. The van der Waals surface area contributed by atoms with Crippen LogP contribution in [0, 0.1) is 0 Å². The van der Waals surface area contributed by atoms with E-state index in [-0.39, 0.29) is 19.1 Å². The van der Waals surface area contributed by atoms with Crippen LogP contribution in [0.15, 0.2) is 0 Å². The van der Waals surface area contributed by atoms with Gasteiger partial charge >= 0.3 is 12.3 Å². The van der Waals surface area contributed by atoms with Gasteiger partial charge in [-0.05, 0) is 32.2 Å². The number of alkyl halides is 3. The van der Waals surface area contributed by atoms with Crippen LogP contribution in [0.1, 0.15) is 38.5 Å². The molecule has 0 aliphatic carbocycles. The normalized spacial score (nSPS) is 25.3. The quantitative estimate of drug-likeness (QED) is 0.724. The van der Waals surface area contributed by atoms with E-state index in [9.17, 15) is 18.0 Å². The van der Waals surface area contributed by atoms with Gasteiger partial charge in [0.15, 0.2) is 0 Å². The fraction of sp³-hybridized carbons (Fsp3) is 0.917. The third-order valence-corrected chi connectivity index (χ3v) is 3.32. The zero-order valence-corrected chi connectivity index (χ0v) is 10.9. The first-order chi connectivity index (χ1) is 8.91. The van der Waals surface area contributed by atoms with Gasteiger partial charge in [-0.1, -0.05) is 12.8 Å². The van der Waals surface area contributed by atoms with E-state index in [1.807, 2.05) is 0 Å². The number of carbonyl (C=O) groups is 1. The highest BCUT2D eigenvalue weighted by Crippen LogP contribution is 2.24. The Hall–Kier alpha value is -0.820. The van der Waals surface area contributed by atoms with Crippen molar-refractivity contribution in [3.05, 3.63) is 0 Å². The number of piperidine rings is 2. The van der Waals surface area contributed by atoms with Crippen LogP contribution in [-0.4, -0.2) is 48.0 Å². The molecule has 2 saturated heterocycles. The number of aliphatic carboxylic acids is 1. The van der Waals surface area contributed by atoms with E-state index < -0.39 is 12.3 Å². The molecule has 2 heterocycles. The standard InChI is InChI=1S/C6H10F3N.C6H11NO2/c7-6(8,9)10-4-2-1-3-5-10;8-6(9)5-3-1-2-4-7-5/h1-5H2;5,7H,1-4H2,(H,8,9). The molecule has 2 fully saturated rings. The SMILES string of the molecule is FC(F)(F)N1CCCCC1.O=C(O)C1CCCCN1. The molecule has 0 amide bonds. The third kappa shape index (κ3) is 6.24. The number of carboxylic acid groups (broad SMARTS) is 1. The van der Waals surface area contributed by atoms with Gasteiger partial charge in [-0.2, -0.15) is 13.2 Å². The van der Waals surface area contributed by atoms with E-state index in [1.54, 1.807) is 0 Å². The maximum Gasteiger partial charge on any atom is 0.459 e. The highest BCUT2D eigenvalue weighted by molar-refractivity contribution is 5.73. The van der Waals surface area contributed by atoms with Crippen LogP contribution in [0.3, 0.4) is 0 Å². The van der Waals surface area contributed by atoms with E-state index in [0.29, 0.717) is 17.7 Å². The predicted octanol–water partition coefficient (Wildman–Crippen LogP) is 2.21.